The number of aryl methyl sites for hydroxylation is 1. The van der Waals surface area contributed by atoms with Crippen LogP contribution in [0.5, 0.6) is 0 Å². The Kier molecular flexibility index (Phi) is 4.87. The monoisotopic (exact) mass is 434 g/mol. The maximum absolute atomic E-state index is 12.5. The summed E-state index contributed by atoms with van der Waals surface area (Å²) in [5.74, 6) is 0.165. The molecule has 2 amide bonds. The largest absolute Gasteiger partial charge is 0.444 e. The molecular weight excluding hydrogens is 404 g/mol. The SMILES string of the molecule is CN1C(=O)CCc2cc(-c3cncc(N4CCN(C(=O)OC(C)(C)C)C5CC54)c3)ccc21. The summed E-state index contributed by atoms with van der Waals surface area (Å²) >= 11 is 0. The molecule has 2 atom stereocenters. The van der Waals surface area contributed by atoms with Crippen LogP contribution < -0.4 is 9.80 Å². The molecule has 2 unspecified atom stereocenters. The van der Waals surface area contributed by atoms with Crippen LogP contribution in [0.15, 0.2) is 36.7 Å². The number of ether oxygens (including phenoxy) is 1. The number of pyridine rings is 1. The van der Waals surface area contributed by atoms with Crippen molar-refractivity contribution in [3.63, 3.8) is 0 Å². The molecule has 1 aliphatic carbocycles. The molecule has 1 aromatic heterocycles. The minimum atomic E-state index is -0.478. The van der Waals surface area contributed by atoms with Crippen LogP contribution in [0.4, 0.5) is 16.2 Å². The molecule has 0 radical (unpaired) electrons. The molecule has 0 spiro atoms. The van der Waals surface area contributed by atoms with Gasteiger partial charge in [-0.05, 0) is 62.9 Å². The third-order valence-electron chi connectivity index (χ3n) is 6.55. The fourth-order valence-electron chi connectivity index (χ4n) is 4.83. The Morgan fingerprint density at radius 1 is 1.06 bits per heavy atom. The first-order valence-electron chi connectivity index (χ1n) is 11.3. The maximum Gasteiger partial charge on any atom is 0.410 e. The van der Waals surface area contributed by atoms with E-state index in [1.165, 1.54) is 5.56 Å². The van der Waals surface area contributed by atoms with Gasteiger partial charge in [-0.2, -0.15) is 0 Å². The standard InChI is InChI=1S/C25H30N4O3/c1-25(2,3)32-24(31)29-10-9-28(21-13-22(21)29)19-12-18(14-26-15-19)16-5-7-20-17(11-16)6-8-23(30)27(20)4/h5,7,11-12,14-15,21-22H,6,8-10,13H2,1-4H3. The highest BCUT2D eigenvalue weighted by Gasteiger charge is 2.51. The van der Waals surface area contributed by atoms with Crippen molar-refractivity contribution in [3.05, 3.63) is 42.2 Å². The number of aromatic nitrogens is 1. The molecule has 2 aliphatic heterocycles. The van der Waals surface area contributed by atoms with Crippen LogP contribution >= 0.6 is 0 Å². The predicted molar refractivity (Wildman–Crippen MR) is 124 cm³/mol. The van der Waals surface area contributed by atoms with Crippen molar-refractivity contribution < 1.29 is 14.3 Å². The van der Waals surface area contributed by atoms with Crippen molar-refractivity contribution in [2.45, 2.75) is 57.7 Å². The van der Waals surface area contributed by atoms with Crippen molar-refractivity contribution in [3.8, 4) is 11.1 Å². The summed E-state index contributed by atoms with van der Waals surface area (Å²) < 4.78 is 5.58. The van der Waals surface area contributed by atoms with Crippen molar-refractivity contribution in [2.75, 3.05) is 29.9 Å². The Hall–Kier alpha value is -3.09. The van der Waals surface area contributed by atoms with Crippen molar-refractivity contribution in [2.24, 2.45) is 0 Å². The fourth-order valence-corrected chi connectivity index (χ4v) is 4.83. The van der Waals surface area contributed by atoms with Gasteiger partial charge in [0.2, 0.25) is 5.91 Å². The fraction of sp³-hybridized carbons (Fsp3) is 0.480. The van der Waals surface area contributed by atoms with Crippen LogP contribution in [0.1, 0.15) is 39.2 Å². The molecule has 5 rings (SSSR count). The van der Waals surface area contributed by atoms with Gasteiger partial charge in [0.15, 0.2) is 0 Å². The number of hydrogen-bond acceptors (Lipinski definition) is 5. The van der Waals surface area contributed by atoms with Crippen LogP contribution in [-0.2, 0) is 16.0 Å². The second kappa shape index (κ2) is 7.50. The molecule has 0 bridgehead atoms. The van der Waals surface area contributed by atoms with Gasteiger partial charge in [-0.3, -0.25) is 9.78 Å². The van der Waals surface area contributed by atoms with Crippen LogP contribution in [0.25, 0.3) is 11.1 Å². The van der Waals surface area contributed by atoms with E-state index in [0.717, 1.165) is 41.9 Å². The first-order chi connectivity index (χ1) is 15.2. The number of nitrogens with zero attached hydrogens (tertiary/aromatic N) is 4. The van der Waals surface area contributed by atoms with E-state index >= 15 is 0 Å². The highest BCUT2D eigenvalue weighted by Crippen LogP contribution is 2.41. The highest BCUT2D eigenvalue weighted by molar-refractivity contribution is 5.96. The van der Waals surface area contributed by atoms with Crippen LogP contribution in [0.2, 0.25) is 0 Å². The minimum Gasteiger partial charge on any atom is -0.444 e. The highest BCUT2D eigenvalue weighted by atomic mass is 16.6. The van der Waals surface area contributed by atoms with Gasteiger partial charge in [-0.1, -0.05) is 6.07 Å². The van der Waals surface area contributed by atoms with Gasteiger partial charge in [-0.25, -0.2) is 4.79 Å². The summed E-state index contributed by atoms with van der Waals surface area (Å²) in [6.45, 7) is 7.13. The molecular formula is C25H30N4O3. The van der Waals surface area contributed by atoms with E-state index in [2.05, 4.69) is 28.1 Å². The molecule has 2 fully saturated rings. The maximum atomic E-state index is 12.5. The average molecular weight is 435 g/mol. The summed E-state index contributed by atoms with van der Waals surface area (Å²) in [4.78, 5) is 35.0. The Bertz CT molecular complexity index is 1080. The van der Waals surface area contributed by atoms with Crippen molar-refractivity contribution in [1.82, 2.24) is 9.88 Å². The van der Waals surface area contributed by atoms with Gasteiger partial charge in [0.25, 0.3) is 0 Å². The lowest BCUT2D eigenvalue weighted by molar-refractivity contribution is -0.118. The summed E-state index contributed by atoms with van der Waals surface area (Å²) in [5, 5.41) is 0. The zero-order valence-corrected chi connectivity index (χ0v) is 19.2. The third-order valence-corrected chi connectivity index (χ3v) is 6.55. The molecule has 32 heavy (non-hydrogen) atoms. The van der Waals surface area contributed by atoms with Gasteiger partial charge in [-0.15, -0.1) is 0 Å². The molecule has 3 aliphatic rings. The Morgan fingerprint density at radius 3 is 2.66 bits per heavy atom. The number of anilines is 2. The van der Waals surface area contributed by atoms with E-state index in [1.807, 2.05) is 51.2 Å². The molecule has 7 heteroatoms. The van der Waals surface area contributed by atoms with Crippen molar-refractivity contribution >= 4 is 23.4 Å². The summed E-state index contributed by atoms with van der Waals surface area (Å²) in [7, 11) is 1.84. The zero-order valence-electron chi connectivity index (χ0n) is 19.2. The number of carbonyl (C=O) groups excluding carboxylic acids is 2. The van der Waals surface area contributed by atoms with Crippen LogP contribution in [0.3, 0.4) is 0 Å². The van der Waals surface area contributed by atoms with Gasteiger partial charge in [0, 0.05) is 44.0 Å². The Balaban J connectivity index is 1.33. The van der Waals surface area contributed by atoms with E-state index in [1.54, 1.807) is 4.90 Å². The Labute approximate surface area is 189 Å². The number of carbonyl (C=O) groups is 2. The predicted octanol–water partition coefficient (Wildman–Crippen LogP) is 3.86. The van der Waals surface area contributed by atoms with Gasteiger partial charge in [0.05, 0.1) is 24.0 Å². The second-order valence-electron chi connectivity index (χ2n) is 9.97. The van der Waals surface area contributed by atoms with E-state index in [9.17, 15) is 9.59 Å². The topological polar surface area (TPSA) is 66.0 Å². The number of fused-ring (bicyclic) bond motifs is 2. The number of benzene rings is 1. The van der Waals surface area contributed by atoms with Crippen LogP contribution in [-0.4, -0.2) is 59.7 Å². The molecule has 1 saturated heterocycles. The number of rotatable bonds is 2. The quantitative estimate of drug-likeness (QED) is 0.718. The van der Waals surface area contributed by atoms with Gasteiger partial charge < -0.3 is 19.4 Å². The lowest BCUT2D eigenvalue weighted by atomic mass is 9.96. The minimum absolute atomic E-state index is 0.165. The number of amides is 2. The van der Waals surface area contributed by atoms with Crippen LogP contribution in [0, 0.1) is 0 Å². The molecule has 0 N–H and O–H groups in total. The number of piperazine rings is 1. The second-order valence-corrected chi connectivity index (χ2v) is 9.97. The third kappa shape index (κ3) is 3.80. The molecule has 7 nitrogen and oxygen atoms in total. The number of hydrogen-bond donors (Lipinski definition) is 0. The molecule has 2 aromatic rings. The Morgan fingerprint density at radius 2 is 1.88 bits per heavy atom. The van der Waals surface area contributed by atoms with Crippen molar-refractivity contribution in [1.29, 1.82) is 0 Å². The van der Waals surface area contributed by atoms with Gasteiger partial charge in [0.1, 0.15) is 5.60 Å². The summed E-state index contributed by atoms with van der Waals surface area (Å²) in [5.41, 5.74) is 4.98. The zero-order chi connectivity index (χ0) is 22.6. The first kappa shape index (κ1) is 20.8. The lowest BCUT2D eigenvalue weighted by Gasteiger charge is -2.36. The molecule has 3 heterocycles. The normalized spacial score (nSPS) is 22.4. The molecule has 168 valence electrons. The molecule has 1 aromatic carbocycles. The van der Waals surface area contributed by atoms with E-state index in [-0.39, 0.29) is 18.0 Å². The smallest absolute Gasteiger partial charge is 0.410 e. The van der Waals surface area contributed by atoms with E-state index < -0.39 is 5.60 Å². The van der Waals surface area contributed by atoms with Gasteiger partial charge >= 0.3 is 6.09 Å². The summed E-state index contributed by atoms with van der Waals surface area (Å²) in [6, 6.07) is 8.99. The average Bonchev–Trinajstić information content (AvgIpc) is 3.55. The molecule has 1 saturated carbocycles. The van der Waals surface area contributed by atoms with E-state index in [4.69, 9.17) is 4.74 Å². The first-order valence-corrected chi connectivity index (χ1v) is 11.3. The van der Waals surface area contributed by atoms with E-state index in [0.29, 0.717) is 19.0 Å². The lowest BCUT2D eigenvalue weighted by Crippen LogP contribution is -2.50. The summed E-state index contributed by atoms with van der Waals surface area (Å²) in [6.07, 6.45) is 5.88.